The van der Waals surface area contributed by atoms with Crippen molar-refractivity contribution in [3.05, 3.63) is 52.8 Å². The molecule has 2 rings (SSSR count). The Kier molecular flexibility index (Phi) is 3.64. The zero-order valence-electron chi connectivity index (χ0n) is 9.72. The van der Waals surface area contributed by atoms with E-state index in [1.165, 1.54) is 12.3 Å². The molecule has 0 saturated carbocycles. The highest BCUT2D eigenvalue weighted by Gasteiger charge is 2.12. The molecule has 0 atom stereocenters. The van der Waals surface area contributed by atoms with Crippen LogP contribution in [0.1, 0.15) is 15.9 Å². The number of nitriles is 1. The number of carbonyl (C=O) groups is 1. The lowest BCUT2D eigenvalue weighted by atomic mass is 10.2. The first kappa shape index (κ1) is 12.9. The van der Waals surface area contributed by atoms with Gasteiger partial charge >= 0.3 is 0 Å². The van der Waals surface area contributed by atoms with Crippen LogP contribution in [0.25, 0.3) is 0 Å². The number of nitrogens with one attached hydrogen (secondary N) is 1. The number of hydrogen-bond acceptors (Lipinski definition) is 4. The van der Waals surface area contributed by atoms with Gasteiger partial charge in [-0.25, -0.2) is 4.98 Å². The summed E-state index contributed by atoms with van der Waals surface area (Å²) in [7, 11) is 0. The summed E-state index contributed by atoms with van der Waals surface area (Å²) >= 11 is 5.83. The van der Waals surface area contributed by atoms with Gasteiger partial charge in [0.25, 0.3) is 5.91 Å². The molecule has 0 aliphatic rings. The van der Waals surface area contributed by atoms with Crippen LogP contribution in [0.5, 0.6) is 0 Å². The fraction of sp³-hybridized carbons (Fsp3) is 0. The van der Waals surface area contributed by atoms with Crippen molar-refractivity contribution in [2.45, 2.75) is 0 Å². The van der Waals surface area contributed by atoms with Crippen LogP contribution < -0.4 is 11.1 Å². The lowest BCUT2D eigenvalue weighted by Gasteiger charge is -2.09. The molecule has 6 heteroatoms. The summed E-state index contributed by atoms with van der Waals surface area (Å²) in [5.74, 6) is -0.431. The lowest BCUT2D eigenvalue weighted by Crippen LogP contribution is -2.14. The van der Waals surface area contributed by atoms with Gasteiger partial charge in [0.2, 0.25) is 0 Å². The largest absolute Gasteiger partial charge is 0.397 e. The molecule has 1 aromatic heterocycles. The van der Waals surface area contributed by atoms with Crippen molar-refractivity contribution in [3.63, 3.8) is 0 Å². The monoisotopic (exact) mass is 272 g/mol. The van der Waals surface area contributed by atoms with Gasteiger partial charge in [-0.15, -0.1) is 0 Å². The first-order valence-electron chi connectivity index (χ1n) is 5.33. The first-order chi connectivity index (χ1) is 9.11. The van der Waals surface area contributed by atoms with Gasteiger partial charge < -0.3 is 11.1 Å². The van der Waals surface area contributed by atoms with E-state index in [-0.39, 0.29) is 10.7 Å². The highest BCUT2D eigenvalue weighted by molar-refractivity contribution is 6.33. The third-order valence-corrected chi connectivity index (χ3v) is 2.74. The van der Waals surface area contributed by atoms with Crippen molar-refractivity contribution in [1.29, 1.82) is 5.26 Å². The number of nitrogens with zero attached hydrogens (tertiary/aromatic N) is 2. The van der Waals surface area contributed by atoms with Crippen LogP contribution >= 0.6 is 11.6 Å². The Morgan fingerprint density at radius 2 is 2.21 bits per heavy atom. The van der Waals surface area contributed by atoms with E-state index in [2.05, 4.69) is 10.3 Å². The van der Waals surface area contributed by atoms with Gasteiger partial charge in [0, 0.05) is 6.20 Å². The number of hydrogen-bond donors (Lipinski definition) is 2. The number of rotatable bonds is 2. The van der Waals surface area contributed by atoms with Crippen LogP contribution in [-0.4, -0.2) is 10.9 Å². The van der Waals surface area contributed by atoms with Gasteiger partial charge in [0.05, 0.1) is 28.6 Å². The summed E-state index contributed by atoms with van der Waals surface area (Å²) in [4.78, 5) is 15.8. The van der Waals surface area contributed by atoms with Crippen LogP contribution in [0.15, 0.2) is 36.5 Å². The second-order valence-electron chi connectivity index (χ2n) is 3.71. The van der Waals surface area contributed by atoms with E-state index in [0.29, 0.717) is 16.9 Å². The molecule has 0 spiro atoms. The molecule has 2 aromatic rings. The zero-order valence-corrected chi connectivity index (χ0v) is 10.5. The summed E-state index contributed by atoms with van der Waals surface area (Å²) in [6.07, 6.45) is 1.49. The normalized spacial score (nSPS) is 9.68. The van der Waals surface area contributed by atoms with E-state index in [9.17, 15) is 4.79 Å². The second-order valence-corrected chi connectivity index (χ2v) is 4.07. The highest BCUT2D eigenvalue weighted by Crippen LogP contribution is 2.21. The molecular weight excluding hydrogens is 264 g/mol. The van der Waals surface area contributed by atoms with E-state index < -0.39 is 5.91 Å². The van der Waals surface area contributed by atoms with E-state index >= 15 is 0 Å². The molecule has 0 unspecified atom stereocenters. The number of pyridine rings is 1. The predicted octanol–water partition coefficient (Wildman–Crippen LogP) is 2.44. The van der Waals surface area contributed by atoms with Gasteiger partial charge in [-0.05, 0) is 30.3 Å². The molecule has 0 aliphatic carbocycles. The van der Waals surface area contributed by atoms with Crippen LogP contribution in [0.4, 0.5) is 11.4 Å². The van der Waals surface area contributed by atoms with E-state index in [1.807, 2.05) is 6.07 Å². The molecule has 0 saturated heterocycles. The molecule has 0 fully saturated rings. The van der Waals surface area contributed by atoms with Crippen LogP contribution in [0, 0.1) is 11.3 Å². The molecular formula is C13H9ClN4O. The number of nitrogen functional groups attached to an aromatic ring is 1. The van der Waals surface area contributed by atoms with E-state index in [4.69, 9.17) is 22.6 Å². The molecule has 19 heavy (non-hydrogen) atoms. The number of amides is 1. The number of nitrogens with two attached hydrogens (primary N) is 1. The average molecular weight is 273 g/mol. The number of carbonyl (C=O) groups excluding carboxylic acids is 1. The minimum atomic E-state index is -0.431. The number of anilines is 2. The standard InChI is InChI=1S/C13H9ClN4O/c14-12-9(2-1-5-17-12)13(19)18-11-6-8(7-15)3-4-10(11)16/h1-6H,16H2,(H,18,19). The Bertz CT molecular complexity index is 679. The Hall–Kier alpha value is -2.58. The van der Waals surface area contributed by atoms with Crippen LogP contribution in [-0.2, 0) is 0 Å². The summed E-state index contributed by atoms with van der Waals surface area (Å²) in [5.41, 5.74) is 7.11. The van der Waals surface area contributed by atoms with Gasteiger partial charge in [-0.3, -0.25) is 4.79 Å². The van der Waals surface area contributed by atoms with Crippen molar-refractivity contribution in [2.24, 2.45) is 0 Å². The third kappa shape index (κ3) is 2.81. The number of halogens is 1. The van der Waals surface area contributed by atoms with Crippen molar-refractivity contribution in [3.8, 4) is 6.07 Å². The van der Waals surface area contributed by atoms with Crippen molar-refractivity contribution >= 4 is 28.9 Å². The zero-order chi connectivity index (χ0) is 13.8. The van der Waals surface area contributed by atoms with Crippen LogP contribution in [0.2, 0.25) is 5.15 Å². The molecule has 0 bridgehead atoms. The van der Waals surface area contributed by atoms with E-state index in [0.717, 1.165) is 0 Å². The Balaban J connectivity index is 2.30. The quantitative estimate of drug-likeness (QED) is 0.649. The maximum Gasteiger partial charge on any atom is 0.258 e. The summed E-state index contributed by atoms with van der Waals surface area (Å²) < 4.78 is 0. The fourth-order valence-electron chi connectivity index (χ4n) is 1.48. The van der Waals surface area contributed by atoms with Crippen molar-refractivity contribution in [1.82, 2.24) is 4.98 Å². The lowest BCUT2D eigenvalue weighted by molar-refractivity contribution is 0.102. The summed E-state index contributed by atoms with van der Waals surface area (Å²) in [5, 5.41) is 11.5. The first-order valence-corrected chi connectivity index (χ1v) is 5.71. The Morgan fingerprint density at radius 1 is 1.42 bits per heavy atom. The summed E-state index contributed by atoms with van der Waals surface area (Å²) in [6.45, 7) is 0. The second kappa shape index (κ2) is 5.38. The molecule has 5 nitrogen and oxygen atoms in total. The van der Waals surface area contributed by atoms with Gasteiger partial charge in [0.1, 0.15) is 5.15 Å². The predicted molar refractivity (Wildman–Crippen MR) is 72.8 cm³/mol. The topological polar surface area (TPSA) is 91.8 Å². The van der Waals surface area contributed by atoms with Crippen molar-refractivity contribution < 1.29 is 4.79 Å². The Morgan fingerprint density at radius 3 is 2.89 bits per heavy atom. The van der Waals surface area contributed by atoms with Gasteiger partial charge in [-0.2, -0.15) is 5.26 Å². The maximum atomic E-state index is 12.0. The highest BCUT2D eigenvalue weighted by atomic mass is 35.5. The SMILES string of the molecule is N#Cc1ccc(N)c(NC(=O)c2cccnc2Cl)c1. The molecule has 1 amide bonds. The fourth-order valence-corrected chi connectivity index (χ4v) is 1.68. The summed E-state index contributed by atoms with van der Waals surface area (Å²) in [6, 6.07) is 9.75. The maximum absolute atomic E-state index is 12.0. The third-order valence-electron chi connectivity index (χ3n) is 2.43. The van der Waals surface area contributed by atoms with Gasteiger partial charge in [-0.1, -0.05) is 11.6 Å². The van der Waals surface area contributed by atoms with Crippen molar-refractivity contribution in [2.75, 3.05) is 11.1 Å². The minimum Gasteiger partial charge on any atom is -0.397 e. The molecule has 3 N–H and O–H groups in total. The smallest absolute Gasteiger partial charge is 0.258 e. The van der Waals surface area contributed by atoms with E-state index in [1.54, 1.807) is 24.3 Å². The Labute approximate surface area is 114 Å². The van der Waals surface area contributed by atoms with Gasteiger partial charge in [0.15, 0.2) is 0 Å². The number of aromatic nitrogens is 1. The molecule has 94 valence electrons. The van der Waals surface area contributed by atoms with Crippen LogP contribution in [0.3, 0.4) is 0 Å². The average Bonchev–Trinajstić information content (AvgIpc) is 2.41. The minimum absolute atomic E-state index is 0.106. The number of benzene rings is 1. The molecule has 0 aliphatic heterocycles. The molecule has 0 radical (unpaired) electrons. The molecule has 1 heterocycles. The molecule has 1 aromatic carbocycles.